The van der Waals surface area contributed by atoms with Gasteiger partial charge in [0.25, 0.3) is 0 Å². The lowest BCUT2D eigenvalue weighted by Gasteiger charge is -2.25. The summed E-state index contributed by atoms with van der Waals surface area (Å²) >= 11 is 0. The minimum atomic E-state index is 0.148. The third kappa shape index (κ3) is 4.45. The van der Waals surface area contributed by atoms with E-state index >= 15 is 0 Å². The smallest absolute Gasteiger partial charge is 0.188 e. The number of aromatic nitrogens is 4. The van der Waals surface area contributed by atoms with Crippen LogP contribution in [0.15, 0.2) is 42.7 Å². The van der Waals surface area contributed by atoms with E-state index in [2.05, 4.69) is 22.3 Å². The average molecular weight is 473 g/mol. The van der Waals surface area contributed by atoms with Gasteiger partial charge in [-0.2, -0.15) is 5.10 Å². The Balaban J connectivity index is 1.33. The van der Waals surface area contributed by atoms with Crippen LogP contribution in [0.25, 0.3) is 28.0 Å². The summed E-state index contributed by atoms with van der Waals surface area (Å²) in [4.78, 5) is 0. The summed E-state index contributed by atoms with van der Waals surface area (Å²) in [5.74, 6) is 3.79. The molecule has 4 aliphatic rings. The molecule has 3 aromatic rings. The van der Waals surface area contributed by atoms with Gasteiger partial charge in [-0.3, -0.25) is 4.68 Å². The molecule has 0 radical (unpaired) electrons. The number of hydrogen-bond acceptors (Lipinski definition) is 6. The first kappa shape index (κ1) is 22.3. The van der Waals surface area contributed by atoms with Crippen molar-refractivity contribution in [3.05, 3.63) is 48.4 Å². The lowest BCUT2D eigenvalue weighted by molar-refractivity contribution is 0.0515. The minimum absolute atomic E-state index is 0.148. The molecule has 7 rings (SSSR count). The van der Waals surface area contributed by atoms with Gasteiger partial charge in [0.1, 0.15) is 29.5 Å². The standard InChI is InChI=1S/C28H32N4O3/c1-32-16-22(15-29-32)20-7-8-24(26(13-20)35-17-33-2)25-14-27-28(31-30-25)23(9-10-34-27)21-11-18-3-4-19(12-21)6-5-18/h7-9,13-16,18-19,21H,3-6,10-12,17H2,1-2H3. The molecule has 2 bridgehead atoms. The molecular weight excluding hydrogens is 440 g/mol. The third-order valence-electron chi connectivity index (χ3n) is 7.84. The lowest BCUT2D eigenvalue weighted by atomic mass is 9.84. The first-order valence-electron chi connectivity index (χ1n) is 12.6. The van der Waals surface area contributed by atoms with Gasteiger partial charge in [0.05, 0.1) is 6.20 Å². The maximum atomic E-state index is 6.07. The molecule has 0 atom stereocenters. The average Bonchev–Trinajstić information content (AvgIpc) is 3.10. The second kappa shape index (κ2) is 9.46. The van der Waals surface area contributed by atoms with Crippen LogP contribution >= 0.6 is 0 Å². The summed E-state index contributed by atoms with van der Waals surface area (Å²) in [6, 6.07) is 8.09. The Labute approximate surface area is 206 Å². The van der Waals surface area contributed by atoms with E-state index in [9.17, 15) is 0 Å². The van der Waals surface area contributed by atoms with Crippen LogP contribution in [0, 0.1) is 17.8 Å². The summed E-state index contributed by atoms with van der Waals surface area (Å²) in [6.07, 6.45) is 14.2. The predicted octanol–water partition coefficient (Wildman–Crippen LogP) is 5.52. The molecule has 1 aromatic carbocycles. The molecule has 3 heterocycles. The number of ether oxygens (including phenoxy) is 3. The summed E-state index contributed by atoms with van der Waals surface area (Å²) < 4.78 is 19.0. The Hall–Kier alpha value is -3.19. The predicted molar refractivity (Wildman–Crippen MR) is 134 cm³/mol. The number of allylic oxidation sites excluding steroid dienone is 1. The Kier molecular flexibility index (Phi) is 6.02. The number of methoxy groups -OCH3 is 1. The van der Waals surface area contributed by atoms with Crippen molar-refractivity contribution in [2.45, 2.75) is 38.5 Å². The van der Waals surface area contributed by atoms with Crippen molar-refractivity contribution in [2.24, 2.45) is 24.8 Å². The molecule has 0 unspecified atom stereocenters. The summed E-state index contributed by atoms with van der Waals surface area (Å²) in [6.45, 7) is 0.738. The van der Waals surface area contributed by atoms with E-state index in [1.165, 1.54) is 44.1 Å². The number of hydrogen-bond donors (Lipinski definition) is 0. The molecule has 0 N–H and O–H groups in total. The molecule has 0 spiro atoms. The van der Waals surface area contributed by atoms with E-state index in [1.807, 2.05) is 37.6 Å². The van der Waals surface area contributed by atoms with Gasteiger partial charge in [-0.05, 0) is 59.9 Å². The molecule has 1 aliphatic heterocycles. The highest BCUT2D eigenvalue weighted by molar-refractivity contribution is 5.77. The fourth-order valence-corrected chi connectivity index (χ4v) is 6.08. The Morgan fingerprint density at radius 1 is 1.03 bits per heavy atom. The van der Waals surface area contributed by atoms with Gasteiger partial charge in [0.2, 0.25) is 0 Å². The van der Waals surface area contributed by atoms with Crippen LogP contribution < -0.4 is 9.47 Å². The van der Waals surface area contributed by atoms with Crippen molar-refractivity contribution in [1.82, 2.24) is 20.0 Å². The molecule has 3 fully saturated rings. The number of benzene rings is 1. The van der Waals surface area contributed by atoms with E-state index < -0.39 is 0 Å². The molecule has 2 aromatic heterocycles. The van der Waals surface area contributed by atoms with Crippen LogP contribution in [0.1, 0.15) is 44.2 Å². The topological polar surface area (TPSA) is 71.3 Å². The van der Waals surface area contributed by atoms with Crippen molar-refractivity contribution in [2.75, 3.05) is 20.5 Å². The highest BCUT2D eigenvalue weighted by Crippen LogP contribution is 2.48. The van der Waals surface area contributed by atoms with E-state index in [1.54, 1.807) is 11.8 Å². The monoisotopic (exact) mass is 472 g/mol. The number of fused-ring (bicyclic) bond motifs is 5. The molecular formula is C28H32N4O3. The molecule has 0 saturated heterocycles. The normalized spacial score (nSPS) is 23.3. The molecule has 35 heavy (non-hydrogen) atoms. The Morgan fingerprint density at radius 3 is 2.54 bits per heavy atom. The van der Waals surface area contributed by atoms with Crippen molar-refractivity contribution < 1.29 is 14.2 Å². The molecule has 182 valence electrons. The summed E-state index contributed by atoms with van der Waals surface area (Å²) in [7, 11) is 3.52. The summed E-state index contributed by atoms with van der Waals surface area (Å²) in [5.41, 5.74) is 5.88. The molecule has 0 amide bonds. The van der Waals surface area contributed by atoms with Crippen LogP contribution in [-0.4, -0.2) is 40.5 Å². The maximum absolute atomic E-state index is 6.07. The number of rotatable bonds is 6. The van der Waals surface area contributed by atoms with Gasteiger partial charge in [-0.25, -0.2) is 0 Å². The van der Waals surface area contributed by atoms with Crippen LogP contribution in [-0.2, 0) is 11.8 Å². The zero-order chi connectivity index (χ0) is 23.8. The van der Waals surface area contributed by atoms with Crippen molar-refractivity contribution in [3.63, 3.8) is 0 Å². The highest BCUT2D eigenvalue weighted by Gasteiger charge is 2.34. The first-order valence-corrected chi connectivity index (χ1v) is 12.6. The van der Waals surface area contributed by atoms with Gasteiger partial charge >= 0.3 is 0 Å². The second-order valence-corrected chi connectivity index (χ2v) is 10.1. The van der Waals surface area contributed by atoms with Crippen molar-refractivity contribution in [3.8, 4) is 33.9 Å². The van der Waals surface area contributed by atoms with Crippen LogP contribution in [0.5, 0.6) is 11.5 Å². The van der Waals surface area contributed by atoms with Gasteiger partial charge < -0.3 is 14.2 Å². The van der Waals surface area contributed by atoms with Gasteiger partial charge in [-0.15, -0.1) is 10.2 Å². The maximum Gasteiger partial charge on any atom is 0.188 e. The zero-order valence-electron chi connectivity index (χ0n) is 20.4. The third-order valence-corrected chi connectivity index (χ3v) is 7.84. The fraction of sp³-hybridized carbons (Fsp3) is 0.464. The van der Waals surface area contributed by atoms with Crippen molar-refractivity contribution in [1.29, 1.82) is 0 Å². The van der Waals surface area contributed by atoms with Gasteiger partial charge in [-0.1, -0.05) is 31.7 Å². The Bertz CT molecular complexity index is 1230. The molecule has 3 saturated carbocycles. The Morgan fingerprint density at radius 2 is 1.83 bits per heavy atom. The second-order valence-electron chi connectivity index (χ2n) is 10.1. The van der Waals surface area contributed by atoms with Gasteiger partial charge in [0.15, 0.2) is 6.79 Å². The molecule has 3 aliphatic carbocycles. The minimum Gasteiger partial charge on any atom is -0.487 e. The molecule has 7 nitrogen and oxygen atoms in total. The molecule has 7 heteroatoms. The quantitative estimate of drug-likeness (QED) is 0.440. The van der Waals surface area contributed by atoms with Crippen molar-refractivity contribution >= 4 is 5.57 Å². The van der Waals surface area contributed by atoms with E-state index in [-0.39, 0.29) is 6.79 Å². The summed E-state index contributed by atoms with van der Waals surface area (Å²) in [5, 5.41) is 13.7. The largest absolute Gasteiger partial charge is 0.487 e. The zero-order valence-corrected chi connectivity index (χ0v) is 20.4. The lowest BCUT2D eigenvalue weighted by Crippen LogP contribution is -2.15. The van der Waals surface area contributed by atoms with Crippen LogP contribution in [0.2, 0.25) is 0 Å². The van der Waals surface area contributed by atoms with E-state index in [4.69, 9.17) is 19.3 Å². The van der Waals surface area contributed by atoms with Crippen LogP contribution in [0.4, 0.5) is 0 Å². The number of aryl methyl sites for hydroxylation is 1. The van der Waals surface area contributed by atoms with Crippen LogP contribution in [0.3, 0.4) is 0 Å². The first-order chi connectivity index (χ1) is 17.2. The fourth-order valence-electron chi connectivity index (χ4n) is 6.08. The SMILES string of the molecule is COCOc1cc(-c2cnn(C)c2)ccc1-c1cc2c(nn1)C(C1CC3CCC(CC3)C1)=CCO2. The highest BCUT2D eigenvalue weighted by atomic mass is 16.7. The van der Waals surface area contributed by atoms with E-state index in [0.29, 0.717) is 18.3 Å². The van der Waals surface area contributed by atoms with E-state index in [0.717, 1.165) is 45.7 Å². The number of nitrogens with zero attached hydrogens (tertiary/aromatic N) is 4. The van der Waals surface area contributed by atoms with Gasteiger partial charge in [0, 0.05) is 37.5 Å².